The van der Waals surface area contributed by atoms with E-state index in [-0.39, 0.29) is 55.7 Å². The molecule has 95 valence electrons. The zero-order valence-electron chi connectivity index (χ0n) is 10.6. The molecule has 4 nitrogen and oxygen atoms in total. The van der Waals surface area contributed by atoms with E-state index in [0.717, 1.165) is 12.8 Å². The molecule has 1 aliphatic carbocycles. The van der Waals surface area contributed by atoms with Crippen LogP contribution >= 0.6 is 0 Å². The van der Waals surface area contributed by atoms with Gasteiger partial charge < -0.3 is 10.8 Å². The zero-order valence-corrected chi connectivity index (χ0v) is 13.4. The summed E-state index contributed by atoms with van der Waals surface area (Å²) in [6, 6.07) is 7.75. The maximum absolute atomic E-state index is 11.9. The Kier molecular flexibility index (Phi) is 5.28. The van der Waals surface area contributed by atoms with Gasteiger partial charge in [0.15, 0.2) is 5.78 Å². The molecule has 3 N–H and O–H groups in total. The number of hydrogen-bond acceptors (Lipinski definition) is 4. The second kappa shape index (κ2) is 6.32. The van der Waals surface area contributed by atoms with Gasteiger partial charge >= 0.3 is 0 Å². The van der Waals surface area contributed by atoms with Crippen molar-refractivity contribution in [1.29, 1.82) is 5.26 Å². The van der Waals surface area contributed by atoms with Crippen molar-refractivity contribution in [3.63, 3.8) is 0 Å². The van der Waals surface area contributed by atoms with E-state index < -0.39 is 0 Å². The van der Waals surface area contributed by atoms with E-state index in [1.54, 1.807) is 25.1 Å². The Bertz CT molecular complexity index is 584. The first-order chi connectivity index (χ1) is 8.56. The van der Waals surface area contributed by atoms with Crippen LogP contribution < -0.4 is 5.73 Å². The molecule has 0 spiro atoms. The molecule has 1 saturated carbocycles. The minimum absolute atomic E-state index is 0. The third-order valence-electron chi connectivity index (χ3n) is 3.10. The number of anilines is 1. The molecule has 19 heavy (non-hydrogen) atoms. The summed E-state index contributed by atoms with van der Waals surface area (Å²) in [5, 5.41) is 19.1. The fourth-order valence-electron chi connectivity index (χ4n) is 1.76. The number of aliphatic hydroxyl groups is 1. The summed E-state index contributed by atoms with van der Waals surface area (Å²) >= 11 is 0. The van der Waals surface area contributed by atoms with Gasteiger partial charge in [0.2, 0.25) is 0 Å². The average molecular weight is 330 g/mol. The van der Waals surface area contributed by atoms with Crippen molar-refractivity contribution < 1.29 is 42.6 Å². The van der Waals surface area contributed by atoms with Crippen LogP contribution in [0.1, 0.15) is 24.0 Å². The van der Waals surface area contributed by atoms with Gasteiger partial charge in [0.1, 0.15) is 17.4 Å². The normalized spacial score (nSPS) is 14.9. The van der Waals surface area contributed by atoms with Crippen LogP contribution in [0, 0.1) is 30.2 Å². The van der Waals surface area contributed by atoms with Crippen molar-refractivity contribution in [1.82, 2.24) is 0 Å². The quantitative estimate of drug-likeness (QED) is 0.292. The van der Waals surface area contributed by atoms with Gasteiger partial charge in [-0.15, -0.1) is 5.56 Å². The molecule has 0 atom stereocenters. The predicted molar refractivity (Wildman–Crippen MR) is 67.3 cm³/mol. The summed E-state index contributed by atoms with van der Waals surface area (Å²) in [4.78, 5) is 11.9. The predicted octanol–water partition coefficient (Wildman–Crippen LogP) is 2.15. The van der Waals surface area contributed by atoms with E-state index >= 15 is 0 Å². The summed E-state index contributed by atoms with van der Waals surface area (Å²) in [5.74, 6) is -0.664. The fraction of sp³-hybridized carbons (Fsp3) is 0.286. The molecule has 1 radical (unpaired) electrons. The number of carbonyl (C=O) groups is 1. The molecule has 0 unspecified atom stereocenters. The van der Waals surface area contributed by atoms with E-state index in [4.69, 9.17) is 11.0 Å². The second-order valence-corrected chi connectivity index (χ2v) is 4.40. The number of nitrogens with two attached hydrogens (primary N) is 1. The average Bonchev–Trinajstić information content (AvgIpc) is 3.17. The number of nitrogen functional groups attached to an aromatic ring is 1. The molecule has 0 saturated heterocycles. The Morgan fingerprint density at radius 1 is 1.58 bits per heavy atom. The van der Waals surface area contributed by atoms with E-state index in [1.165, 1.54) is 0 Å². The van der Waals surface area contributed by atoms with Crippen LogP contribution in [0.4, 0.5) is 5.69 Å². The molecule has 1 aromatic carbocycles. The third-order valence-corrected chi connectivity index (χ3v) is 3.10. The number of benzene rings is 1. The van der Waals surface area contributed by atoms with Crippen molar-refractivity contribution in [2.45, 2.75) is 19.8 Å². The summed E-state index contributed by atoms with van der Waals surface area (Å²) in [6.07, 6.45) is 1.59. The second-order valence-electron chi connectivity index (χ2n) is 4.40. The molecule has 1 aromatic rings. The van der Waals surface area contributed by atoms with Gasteiger partial charge in [0.25, 0.3) is 0 Å². The summed E-state index contributed by atoms with van der Waals surface area (Å²) in [7, 11) is 0. The molecule has 0 aromatic heterocycles. The first kappa shape index (κ1) is 15.9. The van der Waals surface area contributed by atoms with Crippen LogP contribution in [0.25, 0.3) is 5.76 Å². The molecule has 0 amide bonds. The summed E-state index contributed by atoms with van der Waals surface area (Å²) in [6.45, 7) is 1.72. The molecule has 0 heterocycles. The molecule has 2 rings (SSSR count). The van der Waals surface area contributed by atoms with Crippen LogP contribution in [0.5, 0.6) is 0 Å². The Morgan fingerprint density at radius 3 is 2.74 bits per heavy atom. The van der Waals surface area contributed by atoms with E-state index in [0.29, 0.717) is 16.8 Å². The zero-order chi connectivity index (χ0) is 13.3. The largest absolute Gasteiger partial charge is 0.508 e. The molecule has 1 fully saturated rings. The van der Waals surface area contributed by atoms with Crippen LogP contribution in [-0.2, 0) is 37.5 Å². The van der Waals surface area contributed by atoms with Crippen molar-refractivity contribution in [2.24, 2.45) is 5.92 Å². The van der Waals surface area contributed by atoms with Gasteiger partial charge in [-0.3, -0.25) is 4.79 Å². The van der Waals surface area contributed by atoms with Crippen molar-refractivity contribution >= 4 is 17.2 Å². The Balaban J connectivity index is 0.00000180. The smallest absolute Gasteiger partial charge is 0.180 e. The van der Waals surface area contributed by atoms with Crippen molar-refractivity contribution in [3.8, 4) is 6.07 Å². The molecular weight excluding hydrogens is 317 g/mol. The van der Waals surface area contributed by atoms with E-state index in [1.807, 2.05) is 0 Å². The number of carbonyl (C=O) groups excluding carboxylic acids is 1. The molecule has 5 heteroatoms. The minimum atomic E-state index is -0.285. The number of nitrogens with zero attached hydrogens (tertiary/aromatic N) is 1. The Labute approximate surface area is 137 Å². The first-order valence-electron chi connectivity index (χ1n) is 5.71. The molecule has 0 bridgehead atoms. The SMILES string of the molecule is Cc1c(N)[c-]ccc1/C(O)=C(\C#N)C(=O)C1CC1.[Y]. The van der Waals surface area contributed by atoms with E-state index in [2.05, 4.69) is 6.07 Å². The van der Waals surface area contributed by atoms with Gasteiger partial charge in [0.05, 0.1) is 0 Å². The van der Waals surface area contributed by atoms with Gasteiger partial charge in [-0.05, 0) is 12.8 Å². The number of allylic oxidation sites excluding steroid dienone is 1. The van der Waals surface area contributed by atoms with E-state index in [9.17, 15) is 9.90 Å². The number of hydrogen-bond donors (Lipinski definition) is 2. The maximum atomic E-state index is 11.9. The first-order valence-corrected chi connectivity index (χ1v) is 5.71. The molecule has 0 aliphatic heterocycles. The number of Topliss-reactive ketones (excluding diaryl/α,β-unsaturated/α-hetero) is 1. The fourth-order valence-corrected chi connectivity index (χ4v) is 1.76. The Hall–Kier alpha value is -1.18. The summed E-state index contributed by atoms with van der Waals surface area (Å²) in [5.41, 5.74) is 6.95. The standard InChI is InChI=1S/C14H13N2O2.Y/c1-8-10(3-2-4-12(8)16)14(18)11(7-15)13(17)9-5-6-9;/h2-3,9,18H,5-6,16H2,1H3;/q-1;/b14-11-;. The van der Waals surface area contributed by atoms with Crippen LogP contribution in [0.3, 0.4) is 0 Å². The number of rotatable bonds is 3. The molecule has 1 aliphatic rings. The van der Waals surface area contributed by atoms with Crippen LogP contribution in [-0.4, -0.2) is 10.9 Å². The number of aliphatic hydroxyl groups excluding tert-OH is 1. The summed E-state index contributed by atoms with van der Waals surface area (Å²) < 4.78 is 0. The van der Waals surface area contributed by atoms with Crippen LogP contribution in [0.2, 0.25) is 0 Å². The van der Waals surface area contributed by atoms with Gasteiger partial charge in [-0.1, -0.05) is 18.2 Å². The van der Waals surface area contributed by atoms with Gasteiger partial charge in [0, 0.05) is 38.6 Å². The minimum Gasteiger partial charge on any atom is -0.508 e. The molecular formula is C14H13N2O2Y-. The Morgan fingerprint density at radius 2 is 2.21 bits per heavy atom. The van der Waals surface area contributed by atoms with Crippen LogP contribution in [0.15, 0.2) is 17.7 Å². The van der Waals surface area contributed by atoms with Crippen molar-refractivity contribution in [2.75, 3.05) is 5.73 Å². The topological polar surface area (TPSA) is 87.1 Å². The number of ketones is 1. The maximum Gasteiger partial charge on any atom is 0.180 e. The number of nitriles is 1. The monoisotopic (exact) mass is 330 g/mol. The third kappa shape index (κ3) is 3.23. The van der Waals surface area contributed by atoms with Crippen molar-refractivity contribution in [3.05, 3.63) is 34.9 Å². The van der Waals surface area contributed by atoms with Gasteiger partial charge in [-0.25, -0.2) is 0 Å². The van der Waals surface area contributed by atoms with Gasteiger partial charge in [-0.2, -0.15) is 23.5 Å².